The van der Waals surface area contributed by atoms with Gasteiger partial charge in [-0.1, -0.05) is 46.9 Å². The highest BCUT2D eigenvalue weighted by Crippen LogP contribution is 2.43. The molecule has 4 rings (SSSR count). The first kappa shape index (κ1) is 21.8. The second-order valence-electron chi connectivity index (χ2n) is 7.01. The first-order valence-electron chi connectivity index (χ1n) is 9.06. The molecule has 0 fully saturated rings. The van der Waals surface area contributed by atoms with Crippen LogP contribution in [0.15, 0.2) is 48.5 Å². The number of hydrogen-bond donors (Lipinski definition) is 2. The predicted octanol–water partition coefficient (Wildman–Crippen LogP) is 6.76. The van der Waals surface area contributed by atoms with E-state index in [1.807, 2.05) is 0 Å². The molecule has 5 nitrogen and oxygen atoms in total. The fraction of sp³-hybridized carbons (Fsp3) is 0.200. The summed E-state index contributed by atoms with van der Waals surface area (Å²) in [7, 11) is 0. The third kappa shape index (κ3) is 4.76. The normalized spacial score (nSPS) is 18.3. The van der Waals surface area contributed by atoms with Crippen LogP contribution < -0.4 is 10.6 Å². The van der Waals surface area contributed by atoms with Gasteiger partial charge in [0.15, 0.2) is 11.7 Å². The molecule has 1 aromatic heterocycles. The van der Waals surface area contributed by atoms with E-state index in [-0.39, 0.29) is 17.9 Å². The number of fused-ring (bicyclic) bond motifs is 1. The van der Waals surface area contributed by atoms with Crippen LogP contribution in [-0.2, 0) is 0 Å². The van der Waals surface area contributed by atoms with Crippen molar-refractivity contribution >= 4 is 52.2 Å². The van der Waals surface area contributed by atoms with Gasteiger partial charge in [0, 0.05) is 33.2 Å². The molecule has 0 aliphatic carbocycles. The second kappa shape index (κ2) is 8.26. The van der Waals surface area contributed by atoms with Gasteiger partial charge in [0.25, 0.3) is 5.91 Å². The van der Waals surface area contributed by atoms with Crippen molar-refractivity contribution in [3.05, 3.63) is 74.9 Å². The van der Waals surface area contributed by atoms with Crippen LogP contribution in [-0.4, -0.2) is 21.9 Å². The van der Waals surface area contributed by atoms with Crippen molar-refractivity contribution in [1.82, 2.24) is 9.78 Å². The average molecular weight is 490 g/mol. The Hall–Kier alpha value is -2.42. The molecule has 0 radical (unpaired) electrons. The number of hydrogen-bond acceptors (Lipinski definition) is 3. The van der Waals surface area contributed by atoms with Crippen LogP contribution in [0, 0.1) is 0 Å². The molecule has 2 atom stereocenters. The standard InChI is InChI=1S/C20H14Cl3F3N4O/c21-11-3-1-10(2-4-11)15-8-17(20(24,25)26)30-18(28-15)9-16(29-30)19(31)27-14-6-12(22)5-13(23)7-14/h1-7,9,15,17,28H,8H2,(H,27,31). The lowest BCUT2D eigenvalue weighted by Crippen LogP contribution is -2.35. The van der Waals surface area contributed by atoms with Crippen molar-refractivity contribution < 1.29 is 18.0 Å². The molecule has 3 aromatic rings. The summed E-state index contributed by atoms with van der Waals surface area (Å²) >= 11 is 17.7. The van der Waals surface area contributed by atoms with Gasteiger partial charge in [0.05, 0.1) is 6.04 Å². The number of benzene rings is 2. The number of amides is 1. The molecule has 2 heterocycles. The molecule has 11 heteroatoms. The van der Waals surface area contributed by atoms with Crippen LogP contribution >= 0.6 is 34.8 Å². The molecule has 1 aliphatic rings. The van der Waals surface area contributed by atoms with E-state index in [4.69, 9.17) is 34.8 Å². The van der Waals surface area contributed by atoms with Crippen LogP contribution in [0.4, 0.5) is 24.7 Å². The van der Waals surface area contributed by atoms with Gasteiger partial charge in [0.2, 0.25) is 0 Å². The Morgan fingerprint density at radius 2 is 1.68 bits per heavy atom. The van der Waals surface area contributed by atoms with Gasteiger partial charge < -0.3 is 10.6 Å². The average Bonchev–Trinajstić information content (AvgIpc) is 3.10. The summed E-state index contributed by atoms with van der Waals surface area (Å²) in [5, 5.41) is 10.6. The van der Waals surface area contributed by atoms with Crippen molar-refractivity contribution in [2.45, 2.75) is 24.7 Å². The molecule has 0 bridgehead atoms. The minimum Gasteiger partial charge on any atom is -0.363 e. The number of halogens is 6. The summed E-state index contributed by atoms with van der Waals surface area (Å²) in [6, 6.07) is 9.73. The van der Waals surface area contributed by atoms with Crippen molar-refractivity contribution in [2.24, 2.45) is 0 Å². The van der Waals surface area contributed by atoms with Gasteiger partial charge in [-0.3, -0.25) is 4.79 Å². The summed E-state index contributed by atoms with van der Waals surface area (Å²) in [5.41, 5.74) is 0.767. The third-order valence-corrected chi connectivity index (χ3v) is 5.50. The van der Waals surface area contributed by atoms with Gasteiger partial charge >= 0.3 is 6.18 Å². The second-order valence-corrected chi connectivity index (χ2v) is 8.32. The van der Waals surface area contributed by atoms with Gasteiger partial charge in [-0.05, 0) is 35.9 Å². The Balaban J connectivity index is 1.64. The summed E-state index contributed by atoms with van der Waals surface area (Å²) < 4.78 is 42.1. The van der Waals surface area contributed by atoms with Crippen LogP contribution in [0.25, 0.3) is 0 Å². The van der Waals surface area contributed by atoms with E-state index in [9.17, 15) is 18.0 Å². The molecule has 0 saturated heterocycles. The summed E-state index contributed by atoms with van der Waals surface area (Å²) in [5.74, 6) is -0.603. The molecule has 1 amide bonds. The van der Waals surface area contributed by atoms with E-state index in [0.29, 0.717) is 26.3 Å². The predicted molar refractivity (Wildman–Crippen MR) is 114 cm³/mol. The minimum absolute atomic E-state index is 0.0859. The summed E-state index contributed by atoms with van der Waals surface area (Å²) in [6.07, 6.45) is -4.84. The van der Waals surface area contributed by atoms with E-state index in [1.54, 1.807) is 24.3 Å². The molecular weight excluding hydrogens is 476 g/mol. The fourth-order valence-electron chi connectivity index (χ4n) is 3.42. The SMILES string of the molecule is O=C(Nc1cc(Cl)cc(Cl)c1)c1cc2n(n1)C(C(F)(F)F)CC(c1ccc(Cl)cc1)N2. The quantitative estimate of drug-likeness (QED) is 0.427. The lowest BCUT2D eigenvalue weighted by Gasteiger charge is -2.33. The maximum absolute atomic E-state index is 13.8. The lowest BCUT2D eigenvalue weighted by atomic mass is 9.97. The first-order chi connectivity index (χ1) is 14.6. The highest BCUT2D eigenvalue weighted by molar-refractivity contribution is 6.35. The zero-order valence-electron chi connectivity index (χ0n) is 15.6. The fourth-order valence-corrected chi connectivity index (χ4v) is 4.07. The van der Waals surface area contributed by atoms with E-state index in [2.05, 4.69) is 15.7 Å². The maximum atomic E-state index is 13.8. The monoisotopic (exact) mass is 488 g/mol. The van der Waals surface area contributed by atoms with Gasteiger partial charge in [-0.2, -0.15) is 18.3 Å². The highest BCUT2D eigenvalue weighted by Gasteiger charge is 2.46. The maximum Gasteiger partial charge on any atom is 0.410 e. The van der Waals surface area contributed by atoms with Crippen LogP contribution in [0.1, 0.15) is 34.6 Å². The molecule has 162 valence electrons. The van der Waals surface area contributed by atoms with Crippen LogP contribution in [0.2, 0.25) is 15.1 Å². The van der Waals surface area contributed by atoms with Crippen molar-refractivity contribution in [2.75, 3.05) is 10.6 Å². The smallest absolute Gasteiger partial charge is 0.363 e. The molecular formula is C20H14Cl3F3N4O. The van der Waals surface area contributed by atoms with Crippen molar-refractivity contribution in [3.63, 3.8) is 0 Å². The van der Waals surface area contributed by atoms with Gasteiger partial charge in [-0.15, -0.1) is 0 Å². The number of nitrogens with one attached hydrogen (secondary N) is 2. The number of carbonyl (C=O) groups is 1. The highest BCUT2D eigenvalue weighted by atomic mass is 35.5. The lowest BCUT2D eigenvalue weighted by molar-refractivity contribution is -0.173. The van der Waals surface area contributed by atoms with Crippen LogP contribution in [0.3, 0.4) is 0 Å². The molecule has 2 N–H and O–H groups in total. The zero-order chi connectivity index (χ0) is 22.3. The van der Waals surface area contributed by atoms with E-state index < -0.39 is 24.2 Å². The van der Waals surface area contributed by atoms with Crippen molar-refractivity contribution in [3.8, 4) is 0 Å². The number of nitrogens with zero attached hydrogens (tertiary/aromatic N) is 2. The number of alkyl halides is 3. The Labute approximate surface area is 190 Å². The number of carbonyl (C=O) groups excluding carboxylic acids is 1. The Morgan fingerprint density at radius 1 is 1.03 bits per heavy atom. The number of anilines is 2. The molecule has 1 aliphatic heterocycles. The van der Waals surface area contributed by atoms with E-state index in [1.165, 1.54) is 24.3 Å². The van der Waals surface area contributed by atoms with Crippen LogP contribution in [0.5, 0.6) is 0 Å². The summed E-state index contributed by atoms with van der Waals surface area (Å²) in [6.45, 7) is 0. The zero-order valence-corrected chi connectivity index (χ0v) is 17.8. The molecule has 2 unspecified atom stereocenters. The van der Waals surface area contributed by atoms with E-state index >= 15 is 0 Å². The third-order valence-electron chi connectivity index (χ3n) is 4.82. The van der Waals surface area contributed by atoms with Gasteiger partial charge in [0.1, 0.15) is 5.82 Å². The van der Waals surface area contributed by atoms with Crippen molar-refractivity contribution in [1.29, 1.82) is 0 Å². The number of rotatable bonds is 3. The molecule has 0 saturated carbocycles. The van der Waals surface area contributed by atoms with Gasteiger partial charge in [-0.25, -0.2) is 4.68 Å². The Morgan fingerprint density at radius 3 is 2.29 bits per heavy atom. The van der Waals surface area contributed by atoms with E-state index in [0.717, 1.165) is 4.68 Å². The summed E-state index contributed by atoms with van der Waals surface area (Å²) in [4.78, 5) is 12.6. The first-order valence-corrected chi connectivity index (χ1v) is 10.2. The molecule has 31 heavy (non-hydrogen) atoms. The molecule has 0 spiro atoms. The minimum atomic E-state index is -4.55. The largest absolute Gasteiger partial charge is 0.410 e. The Kier molecular flexibility index (Phi) is 5.81. The Bertz CT molecular complexity index is 1110. The number of aromatic nitrogens is 2. The molecule has 2 aromatic carbocycles. The topological polar surface area (TPSA) is 59.0 Å².